The topological polar surface area (TPSA) is 73.5 Å². The van der Waals surface area contributed by atoms with Gasteiger partial charge in [-0.1, -0.05) is 0 Å². The summed E-state index contributed by atoms with van der Waals surface area (Å²) in [5.74, 6) is 0.708. The molecule has 0 bridgehead atoms. The highest BCUT2D eigenvalue weighted by Gasteiger charge is 1.99. The number of aromatic nitrogens is 6. The van der Waals surface area contributed by atoms with Crippen LogP contribution in [0.5, 0.6) is 0 Å². The van der Waals surface area contributed by atoms with Crippen LogP contribution < -0.4 is 5.32 Å². The van der Waals surface area contributed by atoms with Crippen molar-refractivity contribution < 1.29 is 0 Å². The van der Waals surface area contributed by atoms with Crippen LogP contribution in [-0.2, 0) is 20.1 Å². The lowest BCUT2D eigenvalue weighted by Crippen LogP contribution is -2.20. The Morgan fingerprint density at radius 3 is 2.94 bits per heavy atom. The molecule has 0 atom stereocenters. The predicted octanol–water partition coefficient (Wildman–Crippen LogP) is -0.495. The molecule has 2 aromatic heterocycles. The first-order valence-corrected chi connectivity index (χ1v) is 5.17. The van der Waals surface area contributed by atoms with Gasteiger partial charge in [-0.15, -0.1) is 10.2 Å². The molecule has 7 nitrogen and oxygen atoms in total. The van der Waals surface area contributed by atoms with Crippen molar-refractivity contribution in [1.82, 2.24) is 35.3 Å². The third kappa shape index (κ3) is 2.86. The van der Waals surface area contributed by atoms with Crippen LogP contribution >= 0.6 is 0 Å². The van der Waals surface area contributed by atoms with Crippen molar-refractivity contribution in [1.29, 1.82) is 0 Å². The molecule has 0 aliphatic carbocycles. The van der Waals surface area contributed by atoms with Crippen LogP contribution in [0.3, 0.4) is 0 Å². The number of hydrogen-bond donors (Lipinski definition) is 1. The molecule has 2 aromatic rings. The molecule has 7 heteroatoms. The smallest absolute Gasteiger partial charge is 0.188 e. The average Bonchev–Trinajstić information content (AvgIpc) is 2.83. The van der Waals surface area contributed by atoms with Gasteiger partial charge in [-0.2, -0.15) is 9.90 Å². The quantitative estimate of drug-likeness (QED) is 0.689. The molecule has 86 valence electrons. The van der Waals surface area contributed by atoms with Gasteiger partial charge in [-0.25, -0.2) is 0 Å². The molecule has 2 rings (SSSR count). The molecule has 0 radical (unpaired) electrons. The highest BCUT2D eigenvalue weighted by Crippen LogP contribution is 1.93. The zero-order valence-corrected chi connectivity index (χ0v) is 9.46. The van der Waals surface area contributed by atoms with Gasteiger partial charge in [-0.05, 0) is 17.7 Å². The van der Waals surface area contributed by atoms with E-state index in [4.69, 9.17) is 0 Å². The fraction of sp³-hybridized carbons (Fsp3) is 0.556. The Kier molecular flexibility index (Phi) is 3.25. The first kappa shape index (κ1) is 10.7. The van der Waals surface area contributed by atoms with Crippen LogP contribution in [0.2, 0.25) is 0 Å². The van der Waals surface area contributed by atoms with Crippen molar-refractivity contribution in [2.45, 2.75) is 20.0 Å². The normalized spacial score (nSPS) is 10.9. The molecule has 0 saturated carbocycles. The average molecular weight is 221 g/mol. The van der Waals surface area contributed by atoms with Crippen LogP contribution in [0.1, 0.15) is 11.4 Å². The first-order chi connectivity index (χ1) is 7.74. The van der Waals surface area contributed by atoms with Gasteiger partial charge in [0.1, 0.15) is 0 Å². The van der Waals surface area contributed by atoms with E-state index in [1.807, 2.05) is 24.0 Å². The number of rotatable bonds is 5. The Hall–Kier alpha value is -1.76. The van der Waals surface area contributed by atoms with Crippen molar-refractivity contribution in [3.8, 4) is 0 Å². The Balaban J connectivity index is 1.69. The van der Waals surface area contributed by atoms with E-state index >= 15 is 0 Å². The predicted molar refractivity (Wildman–Crippen MR) is 57.5 cm³/mol. The summed E-state index contributed by atoms with van der Waals surface area (Å²) in [6.45, 7) is 4.34. The molecule has 0 saturated heterocycles. The van der Waals surface area contributed by atoms with Crippen LogP contribution in [0, 0.1) is 6.92 Å². The maximum Gasteiger partial charge on any atom is 0.188 e. The van der Waals surface area contributed by atoms with Crippen LogP contribution in [0.25, 0.3) is 0 Å². The third-order valence-corrected chi connectivity index (χ3v) is 2.11. The fourth-order valence-corrected chi connectivity index (χ4v) is 1.38. The first-order valence-electron chi connectivity index (χ1n) is 5.17. The van der Waals surface area contributed by atoms with Gasteiger partial charge in [0.05, 0.1) is 26.3 Å². The highest BCUT2D eigenvalue weighted by atomic mass is 15.6. The SMILES string of the molecule is Cc1cnn(CCNCc2nnn(C)n2)c1. The summed E-state index contributed by atoms with van der Waals surface area (Å²) in [5.41, 5.74) is 1.18. The number of nitrogens with zero attached hydrogens (tertiary/aromatic N) is 6. The molecule has 0 amide bonds. The van der Waals surface area contributed by atoms with Crippen LogP contribution in [-0.4, -0.2) is 36.5 Å². The molecule has 0 fully saturated rings. The number of hydrogen-bond acceptors (Lipinski definition) is 5. The Morgan fingerprint density at radius 2 is 2.31 bits per heavy atom. The van der Waals surface area contributed by atoms with Crippen molar-refractivity contribution in [2.24, 2.45) is 7.05 Å². The van der Waals surface area contributed by atoms with Crippen molar-refractivity contribution in [2.75, 3.05) is 6.54 Å². The van der Waals surface area contributed by atoms with E-state index in [2.05, 4.69) is 25.8 Å². The van der Waals surface area contributed by atoms with Gasteiger partial charge in [0.25, 0.3) is 0 Å². The summed E-state index contributed by atoms with van der Waals surface area (Å²) in [7, 11) is 1.75. The molecule has 1 N–H and O–H groups in total. The second-order valence-corrected chi connectivity index (χ2v) is 3.65. The summed E-state index contributed by atoms with van der Waals surface area (Å²) in [5, 5.41) is 19.1. The number of tetrazole rings is 1. The zero-order chi connectivity index (χ0) is 11.4. The van der Waals surface area contributed by atoms with E-state index in [-0.39, 0.29) is 0 Å². The molecular formula is C9H15N7. The van der Waals surface area contributed by atoms with E-state index in [1.165, 1.54) is 10.4 Å². The lowest BCUT2D eigenvalue weighted by molar-refractivity contribution is 0.545. The van der Waals surface area contributed by atoms with Crippen LogP contribution in [0.4, 0.5) is 0 Å². The maximum atomic E-state index is 4.19. The fourth-order valence-electron chi connectivity index (χ4n) is 1.38. The second-order valence-electron chi connectivity index (χ2n) is 3.65. The summed E-state index contributed by atoms with van der Waals surface area (Å²) >= 11 is 0. The molecule has 0 unspecified atom stereocenters. The number of aryl methyl sites for hydroxylation is 2. The van der Waals surface area contributed by atoms with E-state index in [9.17, 15) is 0 Å². The van der Waals surface area contributed by atoms with Crippen molar-refractivity contribution in [3.05, 3.63) is 23.8 Å². The standard InChI is InChI=1S/C9H15N7/c1-8-5-11-16(7-8)4-3-10-6-9-12-14-15(2)13-9/h5,7,10H,3-4,6H2,1-2H3. The minimum absolute atomic E-state index is 0.633. The lowest BCUT2D eigenvalue weighted by atomic mass is 10.4. The minimum Gasteiger partial charge on any atom is -0.308 e. The summed E-state index contributed by atoms with van der Waals surface area (Å²) in [4.78, 5) is 1.45. The molecular weight excluding hydrogens is 206 g/mol. The molecule has 0 aromatic carbocycles. The molecule has 0 aliphatic heterocycles. The van der Waals surface area contributed by atoms with Crippen molar-refractivity contribution >= 4 is 0 Å². The summed E-state index contributed by atoms with van der Waals surface area (Å²) < 4.78 is 1.91. The largest absolute Gasteiger partial charge is 0.308 e. The molecule has 2 heterocycles. The monoisotopic (exact) mass is 221 g/mol. The van der Waals surface area contributed by atoms with Gasteiger partial charge in [0.2, 0.25) is 0 Å². The van der Waals surface area contributed by atoms with Crippen molar-refractivity contribution in [3.63, 3.8) is 0 Å². The van der Waals surface area contributed by atoms with E-state index in [1.54, 1.807) is 7.05 Å². The maximum absolute atomic E-state index is 4.19. The lowest BCUT2D eigenvalue weighted by Gasteiger charge is -2.01. The molecule has 0 spiro atoms. The molecule has 0 aliphatic rings. The van der Waals surface area contributed by atoms with E-state index in [0.717, 1.165) is 13.1 Å². The zero-order valence-electron chi connectivity index (χ0n) is 9.46. The van der Waals surface area contributed by atoms with Crippen LogP contribution in [0.15, 0.2) is 12.4 Å². The third-order valence-electron chi connectivity index (χ3n) is 2.11. The highest BCUT2D eigenvalue weighted by molar-refractivity contribution is 4.99. The minimum atomic E-state index is 0.633. The van der Waals surface area contributed by atoms with E-state index < -0.39 is 0 Å². The summed E-state index contributed by atoms with van der Waals surface area (Å²) in [6.07, 6.45) is 3.87. The number of nitrogens with one attached hydrogen (secondary N) is 1. The Morgan fingerprint density at radius 1 is 1.44 bits per heavy atom. The van der Waals surface area contributed by atoms with Gasteiger partial charge >= 0.3 is 0 Å². The molecule has 16 heavy (non-hydrogen) atoms. The summed E-state index contributed by atoms with van der Waals surface area (Å²) in [6, 6.07) is 0. The van der Waals surface area contributed by atoms with Gasteiger partial charge < -0.3 is 5.32 Å². The van der Waals surface area contributed by atoms with Gasteiger partial charge in [-0.3, -0.25) is 4.68 Å². The Labute approximate surface area is 93.5 Å². The van der Waals surface area contributed by atoms with Gasteiger partial charge in [0, 0.05) is 12.7 Å². The van der Waals surface area contributed by atoms with Gasteiger partial charge in [0.15, 0.2) is 5.82 Å². The second kappa shape index (κ2) is 4.84. The van der Waals surface area contributed by atoms with E-state index in [0.29, 0.717) is 12.4 Å². The Bertz CT molecular complexity index is 402.